The monoisotopic (exact) mass is 222 g/mol. The van der Waals surface area contributed by atoms with Crippen LogP contribution in [0.2, 0.25) is 0 Å². The average molecular weight is 222 g/mol. The number of anilines is 1. The molecule has 3 atom stereocenters. The second kappa shape index (κ2) is 3.71. The molecule has 3 rings (SSSR count). The summed E-state index contributed by atoms with van der Waals surface area (Å²) in [5.41, 5.74) is 8.02. The normalized spacial score (nSPS) is 32.5. The van der Waals surface area contributed by atoms with Gasteiger partial charge in [0.2, 0.25) is 0 Å². The van der Waals surface area contributed by atoms with Crippen molar-refractivity contribution in [2.75, 3.05) is 18.5 Å². The summed E-state index contributed by atoms with van der Waals surface area (Å²) in [7, 11) is 0. The lowest BCUT2D eigenvalue weighted by molar-refractivity contribution is 0.0341. The number of rotatable bonds is 0. The Bertz CT molecular complexity index is 410. The Hall–Kier alpha value is -1.13. The van der Waals surface area contributed by atoms with Gasteiger partial charge in [-0.1, -0.05) is 0 Å². The number of hydrogen-bond acceptors (Lipinski definition) is 3. The molecule has 3 nitrogen and oxygen atoms in total. The number of hydrogen-bond donors (Lipinski definition) is 2. The van der Waals surface area contributed by atoms with Gasteiger partial charge in [0.05, 0.1) is 6.61 Å². The molecule has 0 radical (unpaired) electrons. The molecule has 4 heteroatoms. The van der Waals surface area contributed by atoms with E-state index in [4.69, 9.17) is 10.5 Å². The van der Waals surface area contributed by atoms with Crippen molar-refractivity contribution >= 4 is 5.69 Å². The van der Waals surface area contributed by atoms with Gasteiger partial charge in [-0.25, -0.2) is 4.39 Å². The van der Waals surface area contributed by atoms with E-state index in [-0.39, 0.29) is 17.8 Å². The molecule has 0 amide bonds. The molecule has 2 aliphatic heterocycles. The summed E-state index contributed by atoms with van der Waals surface area (Å²) in [5.74, 6) is 0.0224. The quantitative estimate of drug-likeness (QED) is 0.701. The maximum absolute atomic E-state index is 13.2. The lowest BCUT2D eigenvalue weighted by Crippen LogP contribution is -2.46. The summed E-state index contributed by atoms with van der Waals surface area (Å²) in [6.45, 7) is 1.44. The number of benzene rings is 1. The summed E-state index contributed by atoms with van der Waals surface area (Å²) in [6, 6.07) is 5.01. The highest BCUT2D eigenvalue weighted by Crippen LogP contribution is 2.38. The first-order valence-corrected chi connectivity index (χ1v) is 5.65. The Morgan fingerprint density at radius 3 is 3.19 bits per heavy atom. The van der Waals surface area contributed by atoms with Gasteiger partial charge in [-0.05, 0) is 30.2 Å². The molecular formula is C12H15FN2O. The van der Waals surface area contributed by atoms with E-state index in [9.17, 15) is 4.39 Å². The molecule has 0 aliphatic carbocycles. The summed E-state index contributed by atoms with van der Waals surface area (Å²) in [6.07, 6.45) is 0.967. The lowest BCUT2D eigenvalue weighted by Gasteiger charge is -2.41. The van der Waals surface area contributed by atoms with Gasteiger partial charge >= 0.3 is 0 Å². The number of nitrogens with one attached hydrogen (secondary N) is 1. The van der Waals surface area contributed by atoms with E-state index in [0.29, 0.717) is 12.6 Å². The lowest BCUT2D eigenvalue weighted by atomic mass is 9.81. The molecule has 1 aromatic rings. The van der Waals surface area contributed by atoms with Crippen LogP contribution in [0.3, 0.4) is 0 Å². The predicted molar refractivity (Wildman–Crippen MR) is 59.7 cm³/mol. The number of halogens is 1. The Morgan fingerprint density at radius 2 is 2.31 bits per heavy atom. The van der Waals surface area contributed by atoms with Crippen molar-refractivity contribution in [3.8, 4) is 0 Å². The SMILES string of the molecule is NC1c2cc(F)ccc2NC2CCOCC21. The zero-order valence-electron chi connectivity index (χ0n) is 8.95. The van der Waals surface area contributed by atoms with E-state index in [2.05, 4.69) is 5.32 Å². The fraction of sp³-hybridized carbons (Fsp3) is 0.500. The van der Waals surface area contributed by atoms with Crippen molar-refractivity contribution in [1.29, 1.82) is 0 Å². The fourth-order valence-electron chi connectivity index (χ4n) is 2.66. The molecule has 16 heavy (non-hydrogen) atoms. The van der Waals surface area contributed by atoms with Crippen molar-refractivity contribution in [2.45, 2.75) is 18.5 Å². The maximum Gasteiger partial charge on any atom is 0.123 e. The van der Waals surface area contributed by atoms with Crippen molar-refractivity contribution in [3.05, 3.63) is 29.6 Å². The van der Waals surface area contributed by atoms with E-state index in [1.54, 1.807) is 6.07 Å². The van der Waals surface area contributed by atoms with Gasteiger partial charge in [0.1, 0.15) is 5.82 Å². The Labute approximate surface area is 93.8 Å². The third-order valence-corrected chi connectivity index (χ3v) is 3.58. The number of ether oxygens (including phenoxy) is 1. The Morgan fingerprint density at radius 1 is 1.44 bits per heavy atom. The van der Waals surface area contributed by atoms with Crippen LogP contribution in [0.25, 0.3) is 0 Å². The highest BCUT2D eigenvalue weighted by Gasteiger charge is 2.36. The summed E-state index contributed by atoms with van der Waals surface area (Å²) in [5, 5.41) is 3.43. The molecule has 2 heterocycles. The largest absolute Gasteiger partial charge is 0.382 e. The standard InChI is InChI=1S/C12H15FN2O/c13-7-1-2-10-8(5-7)12(14)9-6-16-4-3-11(9)15-10/h1-2,5,9,11-12,15H,3-4,6,14H2. The molecule has 86 valence electrons. The van der Waals surface area contributed by atoms with E-state index < -0.39 is 0 Å². The van der Waals surface area contributed by atoms with Gasteiger partial charge in [-0.3, -0.25) is 0 Å². The second-order valence-corrected chi connectivity index (χ2v) is 4.54. The van der Waals surface area contributed by atoms with Crippen molar-refractivity contribution in [2.24, 2.45) is 11.7 Å². The van der Waals surface area contributed by atoms with Crippen molar-refractivity contribution in [3.63, 3.8) is 0 Å². The molecule has 1 saturated heterocycles. The molecule has 2 aliphatic rings. The highest BCUT2D eigenvalue weighted by atomic mass is 19.1. The van der Waals surface area contributed by atoms with Crippen LogP contribution in [-0.4, -0.2) is 19.3 Å². The second-order valence-electron chi connectivity index (χ2n) is 4.54. The molecule has 0 saturated carbocycles. The molecule has 3 N–H and O–H groups in total. The van der Waals surface area contributed by atoms with Crippen LogP contribution in [0.5, 0.6) is 0 Å². The fourth-order valence-corrected chi connectivity index (χ4v) is 2.66. The first-order valence-electron chi connectivity index (χ1n) is 5.65. The van der Waals surface area contributed by atoms with Crippen LogP contribution >= 0.6 is 0 Å². The third kappa shape index (κ3) is 1.49. The predicted octanol–water partition coefficient (Wildman–Crippen LogP) is 1.66. The van der Waals surface area contributed by atoms with Gasteiger partial charge in [-0.15, -0.1) is 0 Å². The first kappa shape index (κ1) is 10.1. The topological polar surface area (TPSA) is 47.3 Å². The molecule has 0 bridgehead atoms. The molecule has 3 unspecified atom stereocenters. The minimum Gasteiger partial charge on any atom is -0.382 e. The third-order valence-electron chi connectivity index (χ3n) is 3.58. The Balaban J connectivity index is 2.00. The van der Waals surface area contributed by atoms with E-state index in [1.165, 1.54) is 12.1 Å². The van der Waals surface area contributed by atoms with E-state index in [0.717, 1.165) is 24.3 Å². The van der Waals surface area contributed by atoms with Crippen molar-refractivity contribution < 1.29 is 9.13 Å². The van der Waals surface area contributed by atoms with Crippen LogP contribution in [0.4, 0.5) is 10.1 Å². The smallest absolute Gasteiger partial charge is 0.123 e. The van der Waals surface area contributed by atoms with Gasteiger partial charge in [0.25, 0.3) is 0 Å². The van der Waals surface area contributed by atoms with Gasteiger partial charge < -0.3 is 15.8 Å². The highest BCUT2D eigenvalue weighted by molar-refractivity contribution is 5.56. The molecule has 1 fully saturated rings. The zero-order chi connectivity index (χ0) is 11.1. The summed E-state index contributed by atoms with van der Waals surface area (Å²) in [4.78, 5) is 0. The van der Waals surface area contributed by atoms with E-state index in [1.807, 2.05) is 0 Å². The summed E-state index contributed by atoms with van der Waals surface area (Å²) >= 11 is 0. The minimum atomic E-state index is -0.230. The van der Waals surface area contributed by atoms with Crippen LogP contribution in [0, 0.1) is 11.7 Å². The van der Waals surface area contributed by atoms with Crippen LogP contribution in [0.1, 0.15) is 18.0 Å². The van der Waals surface area contributed by atoms with E-state index >= 15 is 0 Å². The zero-order valence-corrected chi connectivity index (χ0v) is 8.95. The maximum atomic E-state index is 13.2. The molecule has 1 aromatic carbocycles. The van der Waals surface area contributed by atoms with Crippen LogP contribution in [0.15, 0.2) is 18.2 Å². The van der Waals surface area contributed by atoms with Gasteiger partial charge in [0, 0.05) is 30.3 Å². The number of fused-ring (bicyclic) bond motifs is 2. The Kier molecular flexibility index (Phi) is 2.33. The van der Waals surface area contributed by atoms with Gasteiger partial charge in [-0.2, -0.15) is 0 Å². The van der Waals surface area contributed by atoms with Crippen molar-refractivity contribution in [1.82, 2.24) is 0 Å². The van der Waals surface area contributed by atoms with Gasteiger partial charge in [0.15, 0.2) is 0 Å². The molecular weight excluding hydrogens is 207 g/mol. The first-order chi connectivity index (χ1) is 7.75. The molecule has 0 spiro atoms. The molecule has 0 aromatic heterocycles. The number of nitrogens with two attached hydrogens (primary N) is 1. The van der Waals surface area contributed by atoms with Crippen LogP contribution < -0.4 is 11.1 Å². The summed E-state index contributed by atoms with van der Waals surface area (Å²) < 4.78 is 18.6. The average Bonchev–Trinajstić information content (AvgIpc) is 2.31. The minimum absolute atomic E-state index is 0.128. The van der Waals surface area contributed by atoms with Crippen LogP contribution in [-0.2, 0) is 4.74 Å².